The minimum absolute atomic E-state index is 0.122. The molecule has 0 saturated carbocycles. The number of hydrogen-bond donors (Lipinski definition) is 2. The molecule has 0 aliphatic carbocycles. The molecule has 0 spiro atoms. The van der Waals surface area contributed by atoms with E-state index in [0.29, 0.717) is 31.6 Å². The first-order valence-electron chi connectivity index (χ1n) is 7.17. The van der Waals surface area contributed by atoms with Crippen molar-refractivity contribution in [3.05, 3.63) is 23.8 Å². The molecule has 0 radical (unpaired) electrons. The number of primary sulfonamides is 1. The van der Waals surface area contributed by atoms with Crippen molar-refractivity contribution in [2.75, 3.05) is 18.0 Å². The normalized spacial score (nSPS) is 19.0. The third-order valence-electron chi connectivity index (χ3n) is 4.16. The van der Waals surface area contributed by atoms with Gasteiger partial charge in [-0.25, -0.2) is 13.6 Å². The monoisotopic (exact) mass is 352 g/mol. The summed E-state index contributed by atoms with van der Waals surface area (Å²) in [6.07, 6.45) is -3.94. The van der Waals surface area contributed by atoms with Crippen molar-refractivity contribution in [1.82, 2.24) is 0 Å². The molecule has 0 aromatic heterocycles. The van der Waals surface area contributed by atoms with Crippen molar-refractivity contribution in [1.29, 1.82) is 0 Å². The van der Waals surface area contributed by atoms with Gasteiger partial charge in [-0.3, -0.25) is 0 Å². The molecule has 1 aliphatic heterocycles. The van der Waals surface area contributed by atoms with Gasteiger partial charge in [0, 0.05) is 18.8 Å². The number of nitrogens with zero attached hydrogens (tertiary/aromatic N) is 1. The minimum Gasteiger partial charge on any atom is -0.393 e. The first kappa shape index (κ1) is 18.0. The van der Waals surface area contributed by atoms with Crippen LogP contribution in [0.3, 0.4) is 0 Å². The van der Waals surface area contributed by atoms with Crippen LogP contribution >= 0.6 is 0 Å². The van der Waals surface area contributed by atoms with Crippen LogP contribution in [0.4, 0.5) is 18.9 Å². The third kappa shape index (κ3) is 4.15. The van der Waals surface area contributed by atoms with E-state index in [1.807, 2.05) is 0 Å². The summed E-state index contributed by atoms with van der Waals surface area (Å²) >= 11 is 0. The number of nitrogens with two attached hydrogens (primary N) is 1. The molecule has 1 fully saturated rings. The maximum atomic E-state index is 13.1. The summed E-state index contributed by atoms with van der Waals surface area (Å²) in [7, 11) is -4.46. The van der Waals surface area contributed by atoms with Crippen LogP contribution < -0.4 is 10.0 Å². The number of rotatable bonds is 3. The lowest BCUT2D eigenvalue weighted by atomic mass is 9.92. The summed E-state index contributed by atoms with van der Waals surface area (Å²) in [5.74, 6) is 0.122. The Labute approximate surface area is 132 Å². The second-order valence-electron chi connectivity index (χ2n) is 5.79. The molecular formula is C14H19F3N2O3S. The second-order valence-corrected chi connectivity index (χ2v) is 7.32. The van der Waals surface area contributed by atoms with Gasteiger partial charge in [-0.2, -0.15) is 13.2 Å². The molecule has 1 atom stereocenters. The van der Waals surface area contributed by atoms with Crippen LogP contribution in [0.25, 0.3) is 0 Å². The average molecular weight is 352 g/mol. The number of hydrogen-bond acceptors (Lipinski definition) is 4. The highest BCUT2D eigenvalue weighted by molar-refractivity contribution is 7.89. The van der Waals surface area contributed by atoms with Gasteiger partial charge >= 0.3 is 6.18 Å². The SMILES string of the molecule is CC(O)C1CCN(c2ccc(S(N)(=O)=O)c(C(F)(F)F)c2)CC1. The van der Waals surface area contributed by atoms with Gasteiger partial charge in [-0.05, 0) is 43.9 Å². The molecule has 1 aromatic rings. The maximum absolute atomic E-state index is 13.1. The van der Waals surface area contributed by atoms with Gasteiger partial charge in [0.15, 0.2) is 0 Å². The molecular weight excluding hydrogens is 333 g/mol. The number of halogens is 3. The molecule has 130 valence electrons. The number of anilines is 1. The molecule has 1 heterocycles. The van der Waals surface area contributed by atoms with E-state index in [9.17, 15) is 26.7 Å². The zero-order chi connectivity index (χ0) is 17.4. The molecule has 1 aliphatic rings. The molecule has 1 aromatic carbocycles. The van der Waals surface area contributed by atoms with Crippen molar-refractivity contribution < 1.29 is 26.7 Å². The lowest BCUT2D eigenvalue weighted by Crippen LogP contribution is -2.37. The van der Waals surface area contributed by atoms with Gasteiger partial charge in [0.05, 0.1) is 16.6 Å². The number of piperidine rings is 1. The van der Waals surface area contributed by atoms with Gasteiger partial charge in [0.1, 0.15) is 0 Å². The van der Waals surface area contributed by atoms with Crippen LogP contribution in [0.15, 0.2) is 23.1 Å². The first-order chi connectivity index (χ1) is 10.5. The van der Waals surface area contributed by atoms with Gasteiger partial charge in [0.25, 0.3) is 0 Å². The zero-order valence-corrected chi connectivity index (χ0v) is 13.4. The van der Waals surface area contributed by atoms with E-state index >= 15 is 0 Å². The topological polar surface area (TPSA) is 83.6 Å². The van der Waals surface area contributed by atoms with Crippen LogP contribution in [0.5, 0.6) is 0 Å². The number of benzene rings is 1. The molecule has 1 unspecified atom stereocenters. The van der Waals surface area contributed by atoms with Crippen molar-refractivity contribution in [2.24, 2.45) is 11.1 Å². The molecule has 9 heteroatoms. The Morgan fingerprint density at radius 1 is 1.30 bits per heavy atom. The van der Waals surface area contributed by atoms with Gasteiger partial charge in [-0.15, -0.1) is 0 Å². The summed E-state index contributed by atoms with van der Waals surface area (Å²) in [4.78, 5) is 0.828. The van der Waals surface area contributed by atoms with Crippen LogP contribution in [-0.4, -0.2) is 32.7 Å². The Morgan fingerprint density at radius 3 is 2.30 bits per heavy atom. The lowest BCUT2D eigenvalue weighted by Gasteiger charge is -2.35. The fraction of sp³-hybridized carbons (Fsp3) is 0.571. The summed E-state index contributed by atoms with van der Waals surface area (Å²) in [5.41, 5.74) is -0.955. The van der Waals surface area contributed by atoms with Crippen molar-refractivity contribution in [3.8, 4) is 0 Å². The molecule has 0 amide bonds. The Hall–Kier alpha value is -1.32. The van der Waals surface area contributed by atoms with Crippen LogP contribution in [0.1, 0.15) is 25.3 Å². The first-order valence-corrected chi connectivity index (χ1v) is 8.72. The summed E-state index contributed by atoms with van der Waals surface area (Å²) in [6, 6.07) is 3.05. The van der Waals surface area contributed by atoms with Crippen LogP contribution in [-0.2, 0) is 16.2 Å². The fourth-order valence-corrected chi connectivity index (χ4v) is 3.56. The lowest BCUT2D eigenvalue weighted by molar-refractivity contribution is -0.139. The Morgan fingerprint density at radius 2 is 1.87 bits per heavy atom. The minimum atomic E-state index is -4.81. The van der Waals surface area contributed by atoms with Gasteiger partial charge in [0.2, 0.25) is 10.0 Å². The average Bonchev–Trinajstić information content (AvgIpc) is 2.45. The third-order valence-corrected chi connectivity index (χ3v) is 5.13. The Bertz CT molecular complexity index is 666. The second kappa shape index (κ2) is 6.29. The summed E-state index contributed by atoms with van der Waals surface area (Å²) in [5, 5.41) is 14.4. The fourth-order valence-electron chi connectivity index (χ4n) is 2.82. The smallest absolute Gasteiger partial charge is 0.393 e. The number of aliphatic hydroxyl groups excluding tert-OH is 1. The van der Waals surface area contributed by atoms with Crippen molar-refractivity contribution in [2.45, 2.75) is 36.9 Å². The molecule has 1 saturated heterocycles. The molecule has 23 heavy (non-hydrogen) atoms. The van der Waals surface area contributed by atoms with E-state index in [2.05, 4.69) is 0 Å². The Kier molecular flexibility index (Phi) is 4.93. The number of alkyl halides is 3. The van der Waals surface area contributed by atoms with E-state index in [4.69, 9.17) is 5.14 Å². The van der Waals surface area contributed by atoms with E-state index in [0.717, 1.165) is 12.1 Å². The largest absolute Gasteiger partial charge is 0.417 e. The Balaban J connectivity index is 2.32. The van der Waals surface area contributed by atoms with E-state index < -0.39 is 32.8 Å². The molecule has 3 N–H and O–H groups in total. The zero-order valence-electron chi connectivity index (χ0n) is 12.5. The summed E-state index contributed by atoms with van der Waals surface area (Å²) < 4.78 is 62.1. The van der Waals surface area contributed by atoms with Crippen LogP contribution in [0.2, 0.25) is 0 Å². The van der Waals surface area contributed by atoms with Crippen LogP contribution in [0, 0.1) is 5.92 Å². The number of aliphatic hydroxyl groups is 1. The molecule has 5 nitrogen and oxygen atoms in total. The van der Waals surface area contributed by atoms with E-state index in [1.54, 1.807) is 11.8 Å². The van der Waals surface area contributed by atoms with Gasteiger partial charge < -0.3 is 10.0 Å². The van der Waals surface area contributed by atoms with Crippen molar-refractivity contribution in [3.63, 3.8) is 0 Å². The predicted molar refractivity (Wildman–Crippen MR) is 79.4 cm³/mol. The standard InChI is InChI=1S/C14H19F3N2O3S/c1-9(20)10-4-6-19(7-5-10)11-2-3-13(23(18,21)22)12(8-11)14(15,16)17/h2-3,8-10,20H,4-7H2,1H3,(H2,18,21,22). The highest BCUT2D eigenvalue weighted by Crippen LogP contribution is 2.37. The maximum Gasteiger partial charge on any atom is 0.417 e. The summed E-state index contributed by atoms with van der Waals surface area (Å²) in [6.45, 7) is 2.70. The highest BCUT2D eigenvalue weighted by atomic mass is 32.2. The van der Waals surface area contributed by atoms with Crippen molar-refractivity contribution >= 4 is 15.7 Å². The molecule has 2 rings (SSSR count). The predicted octanol–water partition coefficient (Wildman–Crippen LogP) is 1.95. The number of sulfonamides is 1. The quantitative estimate of drug-likeness (QED) is 0.871. The highest BCUT2D eigenvalue weighted by Gasteiger charge is 2.37. The van der Waals surface area contributed by atoms with E-state index in [-0.39, 0.29) is 5.92 Å². The van der Waals surface area contributed by atoms with E-state index in [1.165, 1.54) is 6.07 Å². The van der Waals surface area contributed by atoms with Gasteiger partial charge in [-0.1, -0.05) is 0 Å². The molecule has 0 bridgehead atoms.